The van der Waals surface area contributed by atoms with Crippen molar-refractivity contribution in [1.82, 2.24) is 5.32 Å². The number of rotatable bonds is 7. The SMILES string of the molecule is CCCC(NC(=O)CCC(C)O)c1ccccc1. The Hall–Kier alpha value is -1.35. The summed E-state index contributed by atoms with van der Waals surface area (Å²) in [5.41, 5.74) is 1.14. The molecule has 0 fully saturated rings. The summed E-state index contributed by atoms with van der Waals surface area (Å²) in [7, 11) is 0. The molecule has 18 heavy (non-hydrogen) atoms. The fourth-order valence-electron chi connectivity index (χ4n) is 1.90. The molecule has 1 rings (SSSR count). The van der Waals surface area contributed by atoms with Gasteiger partial charge in [0.25, 0.3) is 0 Å². The van der Waals surface area contributed by atoms with Gasteiger partial charge in [0.05, 0.1) is 12.1 Å². The molecule has 0 aromatic heterocycles. The quantitative estimate of drug-likeness (QED) is 0.780. The van der Waals surface area contributed by atoms with E-state index in [0.29, 0.717) is 12.8 Å². The molecule has 1 aromatic rings. The van der Waals surface area contributed by atoms with Gasteiger partial charge in [-0.2, -0.15) is 0 Å². The van der Waals surface area contributed by atoms with Crippen LogP contribution in [0, 0.1) is 0 Å². The van der Waals surface area contributed by atoms with Gasteiger partial charge in [-0.3, -0.25) is 4.79 Å². The summed E-state index contributed by atoms with van der Waals surface area (Å²) in [6.45, 7) is 3.81. The maximum atomic E-state index is 11.8. The lowest BCUT2D eigenvalue weighted by atomic mass is 10.0. The molecular formula is C15H23NO2. The molecule has 3 heteroatoms. The Morgan fingerprint density at radius 1 is 1.28 bits per heavy atom. The van der Waals surface area contributed by atoms with Crippen molar-refractivity contribution in [3.8, 4) is 0 Å². The van der Waals surface area contributed by atoms with Crippen LogP contribution in [0.15, 0.2) is 30.3 Å². The molecule has 0 spiro atoms. The van der Waals surface area contributed by atoms with E-state index in [2.05, 4.69) is 12.2 Å². The molecule has 1 aromatic carbocycles. The first-order valence-electron chi connectivity index (χ1n) is 6.65. The van der Waals surface area contributed by atoms with Crippen molar-refractivity contribution in [3.63, 3.8) is 0 Å². The largest absolute Gasteiger partial charge is 0.393 e. The predicted octanol–water partition coefficient (Wildman–Crippen LogP) is 2.81. The third-order valence-electron chi connectivity index (χ3n) is 2.90. The maximum Gasteiger partial charge on any atom is 0.220 e. The van der Waals surface area contributed by atoms with E-state index in [1.165, 1.54) is 0 Å². The predicted molar refractivity (Wildman–Crippen MR) is 73.1 cm³/mol. The van der Waals surface area contributed by atoms with Crippen LogP contribution in [-0.4, -0.2) is 17.1 Å². The molecule has 0 aliphatic heterocycles. The zero-order valence-electron chi connectivity index (χ0n) is 11.2. The molecule has 2 unspecified atom stereocenters. The van der Waals surface area contributed by atoms with E-state index >= 15 is 0 Å². The molecule has 0 saturated carbocycles. The average molecular weight is 249 g/mol. The van der Waals surface area contributed by atoms with Crippen LogP contribution >= 0.6 is 0 Å². The van der Waals surface area contributed by atoms with Gasteiger partial charge in [-0.05, 0) is 25.3 Å². The Labute approximate surface area is 109 Å². The molecule has 0 saturated heterocycles. The van der Waals surface area contributed by atoms with Crippen LogP contribution in [0.5, 0.6) is 0 Å². The molecule has 2 atom stereocenters. The molecule has 2 N–H and O–H groups in total. The van der Waals surface area contributed by atoms with Crippen LogP contribution in [0.4, 0.5) is 0 Å². The normalized spacial score (nSPS) is 13.9. The van der Waals surface area contributed by atoms with Gasteiger partial charge in [0.2, 0.25) is 5.91 Å². The highest BCUT2D eigenvalue weighted by molar-refractivity contribution is 5.76. The summed E-state index contributed by atoms with van der Waals surface area (Å²) in [6, 6.07) is 10.1. The number of amides is 1. The molecule has 100 valence electrons. The van der Waals surface area contributed by atoms with Crippen molar-refractivity contribution in [3.05, 3.63) is 35.9 Å². The zero-order valence-corrected chi connectivity index (χ0v) is 11.2. The number of benzene rings is 1. The molecule has 0 radical (unpaired) electrons. The van der Waals surface area contributed by atoms with Gasteiger partial charge in [-0.25, -0.2) is 0 Å². The number of hydrogen-bond donors (Lipinski definition) is 2. The van der Waals surface area contributed by atoms with Crippen molar-refractivity contribution in [1.29, 1.82) is 0 Å². The van der Waals surface area contributed by atoms with Gasteiger partial charge in [-0.1, -0.05) is 43.7 Å². The monoisotopic (exact) mass is 249 g/mol. The Morgan fingerprint density at radius 3 is 2.50 bits per heavy atom. The van der Waals surface area contributed by atoms with E-state index in [1.54, 1.807) is 6.92 Å². The second kappa shape index (κ2) is 7.88. The standard InChI is InChI=1S/C15H23NO2/c1-3-7-14(13-8-5-4-6-9-13)16-15(18)11-10-12(2)17/h4-6,8-9,12,14,17H,3,7,10-11H2,1-2H3,(H,16,18). The van der Waals surface area contributed by atoms with E-state index < -0.39 is 6.10 Å². The Kier molecular flexibility index (Phi) is 6.44. The lowest BCUT2D eigenvalue weighted by Gasteiger charge is -2.18. The van der Waals surface area contributed by atoms with E-state index in [0.717, 1.165) is 18.4 Å². The fraction of sp³-hybridized carbons (Fsp3) is 0.533. The van der Waals surface area contributed by atoms with Crippen LogP contribution in [0.25, 0.3) is 0 Å². The van der Waals surface area contributed by atoms with Crippen molar-refractivity contribution < 1.29 is 9.90 Å². The molecule has 0 bridgehead atoms. The first kappa shape index (κ1) is 14.7. The summed E-state index contributed by atoms with van der Waals surface area (Å²) >= 11 is 0. The summed E-state index contributed by atoms with van der Waals surface area (Å²) in [4.78, 5) is 11.8. The summed E-state index contributed by atoms with van der Waals surface area (Å²) in [5, 5.41) is 12.2. The van der Waals surface area contributed by atoms with Gasteiger partial charge in [-0.15, -0.1) is 0 Å². The third kappa shape index (κ3) is 5.32. The van der Waals surface area contributed by atoms with Crippen LogP contribution < -0.4 is 5.32 Å². The van der Waals surface area contributed by atoms with Crippen molar-refractivity contribution in [2.45, 2.75) is 51.7 Å². The number of carbonyl (C=O) groups is 1. The first-order chi connectivity index (χ1) is 8.63. The van der Waals surface area contributed by atoms with Crippen molar-refractivity contribution >= 4 is 5.91 Å². The Bertz CT molecular complexity index is 349. The topological polar surface area (TPSA) is 49.3 Å². The van der Waals surface area contributed by atoms with Gasteiger partial charge in [0.1, 0.15) is 0 Å². The summed E-state index contributed by atoms with van der Waals surface area (Å²) in [6.07, 6.45) is 2.43. The highest BCUT2D eigenvalue weighted by Gasteiger charge is 2.13. The van der Waals surface area contributed by atoms with Crippen molar-refractivity contribution in [2.24, 2.45) is 0 Å². The van der Waals surface area contributed by atoms with Crippen molar-refractivity contribution in [2.75, 3.05) is 0 Å². The first-order valence-corrected chi connectivity index (χ1v) is 6.65. The number of aliphatic hydroxyl groups excluding tert-OH is 1. The lowest BCUT2D eigenvalue weighted by Crippen LogP contribution is -2.28. The van der Waals surface area contributed by atoms with E-state index in [4.69, 9.17) is 0 Å². The zero-order chi connectivity index (χ0) is 13.4. The van der Waals surface area contributed by atoms with Crippen LogP contribution in [0.3, 0.4) is 0 Å². The van der Waals surface area contributed by atoms with Gasteiger partial charge < -0.3 is 10.4 Å². The van der Waals surface area contributed by atoms with Gasteiger partial charge in [0.15, 0.2) is 0 Å². The smallest absolute Gasteiger partial charge is 0.220 e. The Morgan fingerprint density at radius 2 is 1.94 bits per heavy atom. The highest BCUT2D eigenvalue weighted by Crippen LogP contribution is 2.18. The highest BCUT2D eigenvalue weighted by atomic mass is 16.3. The third-order valence-corrected chi connectivity index (χ3v) is 2.90. The summed E-state index contributed by atoms with van der Waals surface area (Å²) in [5.74, 6) is 0.0122. The minimum Gasteiger partial charge on any atom is -0.393 e. The average Bonchev–Trinajstić information content (AvgIpc) is 2.37. The number of hydrogen-bond acceptors (Lipinski definition) is 2. The van der Waals surface area contributed by atoms with Crippen LogP contribution in [0.1, 0.15) is 51.1 Å². The second-order valence-electron chi connectivity index (χ2n) is 4.71. The fourth-order valence-corrected chi connectivity index (χ4v) is 1.90. The minimum atomic E-state index is -0.419. The number of carbonyl (C=O) groups excluding carboxylic acids is 1. The van der Waals surface area contributed by atoms with Gasteiger partial charge >= 0.3 is 0 Å². The van der Waals surface area contributed by atoms with Gasteiger partial charge in [0, 0.05) is 6.42 Å². The molecule has 1 amide bonds. The molecule has 0 aliphatic rings. The molecular weight excluding hydrogens is 226 g/mol. The maximum absolute atomic E-state index is 11.8. The molecule has 0 aliphatic carbocycles. The second-order valence-corrected chi connectivity index (χ2v) is 4.71. The van der Waals surface area contributed by atoms with E-state index in [-0.39, 0.29) is 11.9 Å². The van der Waals surface area contributed by atoms with Crippen LogP contribution in [-0.2, 0) is 4.79 Å². The lowest BCUT2D eigenvalue weighted by molar-refractivity contribution is -0.122. The number of nitrogens with one attached hydrogen (secondary N) is 1. The van der Waals surface area contributed by atoms with E-state index in [1.807, 2.05) is 30.3 Å². The number of aliphatic hydroxyl groups is 1. The molecule has 0 heterocycles. The van der Waals surface area contributed by atoms with E-state index in [9.17, 15) is 9.90 Å². The molecule has 3 nitrogen and oxygen atoms in total. The minimum absolute atomic E-state index is 0.0122. The summed E-state index contributed by atoms with van der Waals surface area (Å²) < 4.78 is 0. The Balaban J connectivity index is 2.55. The van der Waals surface area contributed by atoms with Crippen LogP contribution in [0.2, 0.25) is 0 Å².